The highest BCUT2D eigenvalue weighted by molar-refractivity contribution is 9.10. The fourth-order valence-corrected chi connectivity index (χ4v) is 3.44. The van der Waals surface area contributed by atoms with Gasteiger partial charge in [0.1, 0.15) is 5.82 Å². The molecule has 0 bridgehead atoms. The van der Waals surface area contributed by atoms with Gasteiger partial charge >= 0.3 is 0 Å². The summed E-state index contributed by atoms with van der Waals surface area (Å²) in [5.74, 6) is -1.17. The summed E-state index contributed by atoms with van der Waals surface area (Å²) in [4.78, 5) is 24.3. The van der Waals surface area contributed by atoms with Crippen LogP contribution in [0.1, 0.15) is 19.3 Å². The molecule has 0 unspecified atom stereocenters. The number of anilines is 2. The van der Waals surface area contributed by atoms with Gasteiger partial charge in [0.05, 0.1) is 16.4 Å². The van der Waals surface area contributed by atoms with Crippen LogP contribution in [0.4, 0.5) is 15.8 Å². The number of nitrogens with one attached hydrogen (secondary N) is 3. The Morgan fingerprint density at radius 1 is 1.33 bits per heavy atom. The van der Waals surface area contributed by atoms with E-state index in [1.165, 1.54) is 18.2 Å². The molecule has 1 amide bonds. The lowest BCUT2D eigenvalue weighted by Gasteiger charge is -2.33. The van der Waals surface area contributed by atoms with Gasteiger partial charge in [-0.3, -0.25) is 19.7 Å². The molecular weight excluding hydrogens is 417 g/mol. The molecule has 2 aromatic rings. The van der Waals surface area contributed by atoms with Crippen molar-refractivity contribution in [1.29, 1.82) is 5.41 Å². The number of rotatable bonds is 6. The minimum atomic E-state index is -0.412. The minimum absolute atomic E-state index is 0.108. The molecular formula is C18H19BrFN5O2. The third-order valence-corrected chi connectivity index (χ3v) is 5.11. The average Bonchev–Trinajstić information content (AvgIpc) is 2.98. The van der Waals surface area contributed by atoms with E-state index in [0.29, 0.717) is 30.6 Å². The number of amidine groups is 1. The molecule has 0 spiro atoms. The van der Waals surface area contributed by atoms with Gasteiger partial charge in [-0.2, -0.15) is 5.10 Å². The molecule has 1 aliphatic rings. The van der Waals surface area contributed by atoms with Gasteiger partial charge in [-0.15, -0.1) is 0 Å². The number of nitrogens with zero attached hydrogens (tertiary/aromatic N) is 2. The monoisotopic (exact) mass is 435 g/mol. The fourth-order valence-electron chi connectivity index (χ4n) is 3.06. The fraction of sp³-hybridized carbons (Fsp3) is 0.333. The predicted octanol–water partition coefficient (Wildman–Crippen LogP) is 3.33. The lowest BCUT2D eigenvalue weighted by Crippen LogP contribution is -2.38. The third kappa shape index (κ3) is 4.79. The van der Waals surface area contributed by atoms with Gasteiger partial charge in [-0.25, -0.2) is 4.39 Å². The summed E-state index contributed by atoms with van der Waals surface area (Å²) in [5.41, 5.74) is 1.11. The second-order valence-corrected chi connectivity index (χ2v) is 7.54. The molecule has 1 saturated carbocycles. The van der Waals surface area contributed by atoms with E-state index in [1.54, 1.807) is 24.1 Å². The van der Waals surface area contributed by atoms with Gasteiger partial charge in [0.25, 0.3) is 0 Å². The van der Waals surface area contributed by atoms with E-state index in [2.05, 4.69) is 31.7 Å². The zero-order valence-corrected chi connectivity index (χ0v) is 16.2. The first-order valence-corrected chi connectivity index (χ1v) is 9.24. The van der Waals surface area contributed by atoms with Crippen LogP contribution in [0.25, 0.3) is 0 Å². The molecule has 142 valence electrons. The first-order valence-electron chi connectivity index (χ1n) is 8.45. The normalized spacial score (nSPS) is 18.5. The standard InChI is InChI=1S/C18H19BrFN5O2/c1-25-9-13(8-22-25)23-16(26)6-10-4-11(5-10)17(27)18(21)24-12-2-3-15(20)14(19)7-12/h2-3,7-11H,4-6H2,1H3,(H2,21,24)(H,23,26)/t10-,11-. The first kappa shape index (κ1) is 19.2. The molecule has 1 aliphatic carbocycles. The number of ketones is 1. The Balaban J connectivity index is 1.44. The van der Waals surface area contributed by atoms with E-state index >= 15 is 0 Å². The Kier molecular flexibility index (Phi) is 5.69. The smallest absolute Gasteiger partial charge is 0.224 e. The number of Topliss-reactive ketones (excluding diaryl/α,β-unsaturated/α-hetero) is 1. The van der Waals surface area contributed by atoms with Crippen LogP contribution >= 0.6 is 15.9 Å². The number of amides is 1. The molecule has 0 radical (unpaired) electrons. The van der Waals surface area contributed by atoms with Crippen LogP contribution < -0.4 is 10.6 Å². The highest BCUT2D eigenvalue weighted by Gasteiger charge is 2.37. The van der Waals surface area contributed by atoms with E-state index in [4.69, 9.17) is 5.41 Å². The Hall–Kier alpha value is -2.55. The maximum Gasteiger partial charge on any atom is 0.224 e. The molecule has 0 aliphatic heterocycles. The van der Waals surface area contributed by atoms with Crippen LogP contribution in [0.15, 0.2) is 35.1 Å². The number of aromatic nitrogens is 2. The van der Waals surface area contributed by atoms with Crippen molar-refractivity contribution in [2.24, 2.45) is 18.9 Å². The summed E-state index contributed by atoms with van der Waals surface area (Å²) in [5, 5.41) is 17.4. The van der Waals surface area contributed by atoms with Crippen LogP contribution in [0.3, 0.4) is 0 Å². The number of carbonyl (C=O) groups is 2. The second-order valence-electron chi connectivity index (χ2n) is 6.68. The molecule has 0 saturated heterocycles. The van der Waals surface area contributed by atoms with Gasteiger partial charge in [0.2, 0.25) is 11.7 Å². The Morgan fingerprint density at radius 2 is 2.07 bits per heavy atom. The van der Waals surface area contributed by atoms with Crippen LogP contribution in [-0.4, -0.2) is 27.3 Å². The molecule has 1 heterocycles. The zero-order valence-electron chi connectivity index (χ0n) is 14.6. The van der Waals surface area contributed by atoms with Crippen LogP contribution in [-0.2, 0) is 16.6 Å². The van der Waals surface area contributed by atoms with Gasteiger partial charge < -0.3 is 10.6 Å². The lowest BCUT2D eigenvalue weighted by molar-refractivity contribution is -0.123. The molecule has 1 aromatic carbocycles. The van der Waals surface area contributed by atoms with Crippen molar-refractivity contribution in [2.75, 3.05) is 10.6 Å². The average molecular weight is 436 g/mol. The second kappa shape index (κ2) is 7.99. The van der Waals surface area contributed by atoms with Crippen molar-refractivity contribution in [1.82, 2.24) is 9.78 Å². The highest BCUT2D eigenvalue weighted by atomic mass is 79.9. The first-order chi connectivity index (χ1) is 12.8. The maximum absolute atomic E-state index is 13.2. The van der Waals surface area contributed by atoms with Crippen molar-refractivity contribution in [3.63, 3.8) is 0 Å². The van der Waals surface area contributed by atoms with Crippen molar-refractivity contribution in [2.45, 2.75) is 19.3 Å². The van der Waals surface area contributed by atoms with Gasteiger partial charge in [-0.1, -0.05) is 0 Å². The molecule has 7 nitrogen and oxygen atoms in total. The van der Waals surface area contributed by atoms with Crippen LogP contribution in [0.5, 0.6) is 0 Å². The maximum atomic E-state index is 13.2. The molecule has 9 heteroatoms. The van der Waals surface area contributed by atoms with Crippen LogP contribution in [0.2, 0.25) is 0 Å². The molecule has 3 N–H and O–H groups in total. The van der Waals surface area contributed by atoms with Crippen LogP contribution in [0, 0.1) is 23.1 Å². The summed E-state index contributed by atoms with van der Waals surface area (Å²) in [7, 11) is 1.77. The lowest BCUT2D eigenvalue weighted by atomic mass is 9.71. The molecule has 1 aromatic heterocycles. The Bertz CT molecular complexity index is 892. The number of hydrogen-bond acceptors (Lipinski definition) is 4. The van der Waals surface area contributed by atoms with Crippen molar-refractivity contribution in [3.8, 4) is 0 Å². The van der Waals surface area contributed by atoms with E-state index < -0.39 is 5.82 Å². The zero-order chi connectivity index (χ0) is 19.6. The van der Waals surface area contributed by atoms with E-state index in [0.717, 1.165) is 0 Å². The summed E-state index contributed by atoms with van der Waals surface area (Å²) >= 11 is 3.07. The van der Waals surface area contributed by atoms with Gasteiger partial charge in [0.15, 0.2) is 5.84 Å². The molecule has 1 fully saturated rings. The van der Waals surface area contributed by atoms with Crippen molar-refractivity contribution in [3.05, 3.63) is 40.9 Å². The highest BCUT2D eigenvalue weighted by Crippen LogP contribution is 2.37. The largest absolute Gasteiger partial charge is 0.338 e. The van der Waals surface area contributed by atoms with E-state index in [-0.39, 0.29) is 33.8 Å². The number of carbonyl (C=O) groups excluding carboxylic acids is 2. The summed E-state index contributed by atoms with van der Waals surface area (Å²) in [6.45, 7) is 0. The van der Waals surface area contributed by atoms with Crippen molar-refractivity contribution >= 4 is 44.8 Å². The summed E-state index contributed by atoms with van der Waals surface area (Å²) in [6, 6.07) is 4.20. The minimum Gasteiger partial charge on any atom is -0.338 e. The molecule has 0 atom stereocenters. The van der Waals surface area contributed by atoms with Gasteiger partial charge in [0, 0.05) is 31.3 Å². The summed E-state index contributed by atoms with van der Waals surface area (Å²) < 4.78 is 15.1. The third-order valence-electron chi connectivity index (χ3n) is 4.50. The molecule has 27 heavy (non-hydrogen) atoms. The van der Waals surface area contributed by atoms with E-state index in [9.17, 15) is 14.0 Å². The van der Waals surface area contributed by atoms with E-state index in [1.807, 2.05) is 0 Å². The summed E-state index contributed by atoms with van der Waals surface area (Å²) in [6.07, 6.45) is 4.79. The Morgan fingerprint density at radius 3 is 2.70 bits per heavy atom. The quantitative estimate of drug-likeness (QED) is 0.478. The predicted molar refractivity (Wildman–Crippen MR) is 103 cm³/mol. The number of hydrogen-bond donors (Lipinski definition) is 3. The topological polar surface area (TPSA) is 99.9 Å². The Labute approximate surface area is 164 Å². The number of aryl methyl sites for hydroxylation is 1. The molecule has 3 rings (SSSR count). The van der Waals surface area contributed by atoms with Crippen molar-refractivity contribution < 1.29 is 14.0 Å². The SMILES string of the molecule is Cn1cc(NC(=O)C[C@H]2C[C@H](C(=O)C(=N)Nc3ccc(F)c(Br)c3)C2)cn1. The number of benzene rings is 1. The van der Waals surface area contributed by atoms with Gasteiger partial charge in [-0.05, 0) is 52.9 Å². The number of halogens is 2.